The number of carboxylic acid groups (broad SMARTS) is 1. The molecule has 0 bridgehead atoms. The van der Waals surface area contributed by atoms with Gasteiger partial charge in [0.2, 0.25) is 0 Å². The van der Waals surface area contributed by atoms with E-state index in [1.807, 2.05) is 54.6 Å². The van der Waals surface area contributed by atoms with Gasteiger partial charge in [0, 0.05) is 19.6 Å². The number of piperidine rings is 1. The zero-order valence-corrected chi connectivity index (χ0v) is 16.3. The van der Waals surface area contributed by atoms with Gasteiger partial charge in [-0.05, 0) is 60.4 Å². The first-order valence-electron chi connectivity index (χ1n) is 9.46. The van der Waals surface area contributed by atoms with Crippen molar-refractivity contribution in [2.45, 2.75) is 19.3 Å². The van der Waals surface area contributed by atoms with Crippen molar-refractivity contribution in [2.24, 2.45) is 5.92 Å². The lowest BCUT2D eigenvalue weighted by Crippen LogP contribution is -2.40. The molecule has 0 radical (unpaired) electrons. The topological polar surface area (TPSA) is 87.5 Å². The first kappa shape index (κ1) is 18.9. The summed E-state index contributed by atoms with van der Waals surface area (Å²) in [6.45, 7) is 1.54. The van der Waals surface area contributed by atoms with Gasteiger partial charge in [-0.15, -0.1) is 0 Å². The molecule has 28 heavy (non-hydrogen) atoms. The summed E-state index contributed by atoms with van der Waals surface area (Å²) in [5.74, 6) is 0.220. The molecule has 2 aromatic rings. The predicted octanol–water partition coefficient (Wildman–Crippen LogP) is 5.01. The summed E-state index contributed by atoms with van der Waals surface area (Å²) < 4.78 is 25.6. The Bertz CT molecular complexity index is 848. The fourth-order valence-corrected chi connectivity index (χ4v) is 5.86. The molecular formula is C20H25N3O4S. The van der Waals surface area contributed by atoms with E-state index in [0.717, 1.165) is 29.9 Å². The Morgan fingerprint density at radius 1 is 1.04 bits per heavy atom. The molecule has 0 saturated carbocycles. The molecule has 1 saturated heterocycles. The second kappa shape index (κ2) is 7.54. The van der Waals surface area contributed by atoms with Crippen LogP contribution in [0.4, 0.5) is 21.9 Å². The summed E-state index contributed by atoms with van der Waals surface area (Å²) in [7, 11) is -3.23. The Hall–Kier alpha value is -2.42. The summed E-state index contributed by atoms with van der Waals surface area (Å²) in [5, 5.41) is 9.24. The highest BCUT2D eigenvalue weighted by Crippen LogP contribution is 2.64. The van der Waals surface area contributed by atoms with Crippen molar-refractivity contribution in [3.8, 4) is 0 Å². The molecule has 2 heterocycles. The Kier molecular flexibility index (Phi) is 5.09. The number of carbonyl (C=O) groups is 1. The van der Waals surface area contributed by atoms with E-state index >= 15 is 0 Å². The molecule has 1 fully saturated rings. The first-order chi connectivity index (χ1) is 13.5. The van der Waals surface area contributed by atoms with E-state index in [2.05, 4.69) is 0 Å². The van der Waals surface area contributed by atoms with Crippen molar-refractivity contribution in [1.29, 1.82) is 0 Å². The highest BCUT2D eigenvalue weighted by Gasteiger charge is 2.41. The lowest BCUT2D eigenvalue weighted by Gasteiger charge is -2.44. The van der Waals surface area contributed by atoms with E-state index in [1.165, 1.54) is 4.90 Å². The molecular weight excluding hydrogens is 378 g/mol. The number of hydrogen-bond donors (Lipinski definition) is 3. The highest BCUT2D eigenvalue weighted by atomic mass is 32.3. The smallest absolute Gasteiger partial charge is 0.407 e. The molecule has 0 aliphatic carbocycles. The molecule has 0 unspecified atom stereocenters. The summed E-state index contributed by atoms with van der Waals surface area (Å²) in [6.07, 6.45) is 1.63. The molecule has 4 rings (SSSR count). The van der Waals surface area contributed by atoms with Gasteiger partial charge in [-0.1, -0.05) is 30.3 Å². The molecule has 3 N–H and O–H groups in total. The van der Waals surface area contributed by atoms with Gasteiger partial charge in [0.1, 0.15) is 0 Å². The van der Waals surface area contributed by atoms with Crippen LogP contribution in [-0.4, -0.2) is 44.8 Å². The van der Waals surface area contributed by atoms with Crippen LogP contribution in [0.3, 0.4) is 0 Å². The van der Waals surface area contributed by atoms with Crippen LogP contribution in [0.5, 0.6) is 0 Å². The third kappa shape index (κ3) is 3.39. The molecule has 1 amide bonds. The quantitative estimate of drug-likeness (QED) is 0.665. The van der Waals surface area contributed by atoms with Gasteiger partial charge in [-0.2, -0.15) is 0 Å². The van der Waals surface area contributed by atoms with Gasteiger partial charge >= 0.3 is 6.09 Å². The molecule has 7 nitrogen and oxygen atoms in total. The summed E-state index contributed by atoms with van der Waals surface area (Å²) in [5.41, 5.74) is 2.29. The van der Waals surface area contributed by atoms with Crippen molar-refractivity contribution in [3.05, 3.63) is 54.6 Å². The lowest BCUT2D eigenvalue weighted by atomic mass is 9.95. The zero-order chi connectivity index (χ0) is 19.7. The van der Waals surface area contributed by atoms with Gasteiger partial charge in [0.15, 0.2) is 0 Å². The van der Waals surface area contributed by atoms with Crippen LogP contribution >= 0.6 is 11.0 Å². The first-order valence-corrected chi connectivity index (χ1v) is 10.9. The number of fused-ring (bicyclic) bond motifs is 1. The van der Waals surface area contributed by atoms with Crippen LogP contribution in [0.25, 0.3) is 0 Å². The number of para-hydroxylation sites is 3. The average molecular weight is 404 g/mol. The fourth-order valence-electron chi connectivity index (χ4n) is 4.07. The number of nitrogens with zero attached hydrogens (tertiary/aromatic N) is 3. The average Bonchev–Trinajstić information content (AvgIpc) is 2.93. The van der Waals surface area contributed by atoms with Crippen molar-refractivity contribution in [2.75, 3.05) is 28.2 Å². The highest BCUT2D eigenvalue weighted by molar-refractivity contribution is 8.27. The minimum absolute atomic E-state index is 0.220. The second-order valence-electron chi connectivity index (χ2n) is 7.24. The molecule has 0 spiro atoms. The van der Waals surface area contributed by atoms with E-state index in [-0.39, 0.29) is 5.92 Å². The van der Waals surface area contributed by atoms with Gasteiger partial charge in [0.05, 0.1) is 17.1 Å². The van der Waals surface area contributed by atoms with Crippen molar-refractivity contribution < 1.29 is 19.0 Å². The van der Waals surface area contributed by atoms with Crippen LogP contribution in [0, 0.1) is 5.92 Å². The summed E-state index contributed by atoms with van der Waals surface area (Å²) >= 11 is 0. The molecule has 150 valence electrons. The Morgan fingerprint density at radius 3 is 2.43 bits per heavy atom. The summed E-state index contributed by atoms with van der Waals surface area (Å²) in [4.78, 5) is 12.7. The Balaban J connectivity index is 1.56. The third-order valence-electron chi connectivity index (χ3n) is 5.43. The number of anilines is 3. The monoisotopic (exact) mass is 403 g/mol. The molecule has 8 heteroatoms. The van der Waals surface area contributed by atoms with Gasteiger partial charge in [-0.25, -0.2) is 9.10 Å². The number of likely N-dealkylation sites (tertiary alicyclic amines) is 1. The minimum Gasteiger partial charge on any atom is -0.465 e. The lowest BCUT2D eigenvalue weighted by molar-refractivity contribution is 0.119. The standard InChI is InChI=1S/C20H25N3O4S/c24-20(25)21-13-6-7-16(15-21)12-14-22-18-10-4-5-11-19(18)23(28(22,26)27)17-8-2-1-3-9-17/h1-5,8-11,16,26-27H,6-7,12-15H2,(H,24,25)/t16-/m0/s1. The zero-order valence-electron chi connectivity index (χ0n) is 15.5. The largest absolute Gasteiger partial charge is 0.465 e. The second-order valence-corrected chi connectivity index (χ2v) is 9.02. The maximum Gasteiger partial charge on any atom is 0.407 e. The molecule has 2 aliphatic rings. The van der Waals surface area contributed by atoms with Gasteiger partial charge in [-0.3, -0.25) is 13.4 Å². The van der Waals surface area contributed by atoms with Crippen LogP contribution in [0.2, 0.25) is 0 Å². The molecule has 0 aromatic heterocycles. The maximum atomic E-state index is 11.3. The SMILES string of the molecule is O=C(O)N1CCC[C@@H](CCN2c3ccccc3N(c3ccccc3)S2(O)O)C1. The van der Waals surface area contributed by atoms with Crippen molar-refractivity contribution in [3.63, 3.8) is 0 Å². The van der Waals surface area contributed by atoms with E-state index < -0.39 is 17.1 Å². The number of hydrogen-bond acceptors (Lipinski definition) is 5. The molecule has 2 aromatic carbocycles. The minimum atomic E-state index is -3.23. The van der Waals surface area contributed by atoms with Crippen molar-refractivity contribution >= 4 is 34.1 Å². The van der Waals surface area contributed by atoms with Crippen LogP contribution in [0.15, 0.2) is 54.6 Å². The van der Waals surface area contributed by atoms with Crippen LogP contribution < -0.4 is 8.61 Å². The predicted molar refractivity (Wildman–Crippen MR) is 112 cm³/mol. The number of amides is 1. The molecule has 2 aliphatic heterocycles. The fraction of sp³-hybridized carbons (Fsp3) is 0.350. The Morgan fingerprint density at radius 2 is 1.71 bits per heavy atom. The van der Waals surface area contributed by atoms with E-state index in [1.54, 1.807) is 8.61 Å². The normalized spacial score (nSPS) is 22.1. The summed E-state index contributed by atoms with van der Waals surface area (Å²) in [6, 6.07) is 16.9. The Labute approximate surface area is 166 Å². The van der Waals surface area contributed by atoms with Crippen molar-refractivity contribution in [1.82, 2.24) is 4.90 Å². The van der Waals surface area contributed by atoms with E-state index in [9.17, 15) is 19.0 Å². The van der Waals surface area contributed by atoms with Crippen LogP contribution in [-0.2, 0) is 0 Å². The maximum absolute atomic E-state index is 11.3. The number of rotatable bonds is 4. The van der Waals surface area contributed by atoms with Gasteiger partial charge in [0.25, 0.3) is 0 Å². The van der Waals surface area contributed by atoms with Gasteiger partial charge < -0.3 is 10.0 Å². The van der Waals surface area contributed by atoms with E-state index in [0.29, 0.717) is 26.1 Å². The van der Waals surface area contributed by atoms with Crippen LogP contribution in [0.1, 0.15) is 19.3 Å². The number of benzene rings is 2. The third-order valence-corrected chi connectivity index (χ3v) is 7.30. The van der Waals surface area contributed by atoms with E-state index in [4.69, 9.17) is 0 Å². The molecule has 1 atom stereocenters.